The van der Waals surface area contributed by atoms with Crippen molar-refractivity contribution in [3.63, 3.8) is 0 Å². The second-order valence-corrected chi connectivity index (χ2v) is 12.1. The van der Waals surface area contributed by atoms with Crippen molar-refractivity contribution >= 4 is 27.5 Å². The van der Waals surface area contributed by atoms with Crippen molar-refractivity contribution in [2.75, 3.05) is 45.9 Å². The molecule has 4 aliphatic rings. The standard InChI is InChI=1S/C26H28ClN3O5S/c27-20-4-1-3-17(11-20)25(22-5-2-8-28-22)26(31)29-13-18-15-30(16-19(18)14-29)36(32,33)21-6-7-23-24(12-21)35-10-9-34-23/h1,3-4,6-7,11-12,22,25,28H,2,5,8-10,13-16H2. The van der Waals surface area contributed by atoms with E-state index in [1.165, 1.54) is 10.4 Å². The first-order valence-corrected chi connectivity index (χ1v) is 14.1. The Balaban J connectivity index is 1.16. The molecule has 36 heavy (non-hydrogen) atoms. The number of carbonyl (C=O) groups is 1. The Bertz CT molecular complexity index is 1320. The van der Waals surface area contributed by atoms with Crippen molar-refractivity contribution < 1.29 is 22.7 Å². The van der Waals surface area contributed by atoms with Gasteiger partial charge in [0.2, 0.25) is 15.9 Å². The molecule has 2 atom stereocenters. The SMILES string of the molecule is O=C(C(c1cccc(Cl)c1)C1CCCN1)N1CC2=C(C1)CN(S(=O)(=O)c1ccc3c(c1)OCCO3)C2. The molecule has 2 aromatic rings. The minimum atomic E-state index is -3.70. The van der Waals surface area contributed by atoms with Crippen molar-refractivity contribution in [2.24, 2.45) is 0 Å². The van der Waals surface area contributed by atoms with Crippen LogP contribution < -0.4 is 14.8 Å². The van der Waals surface area contributed by atoms with Crippen LogP contribution in [0.1, 0.15) is 24.3 Å². The number of amides is 1. The fraction of sp³-hybridized carbons (Fsp3) is 0.423. The lowest BCUT2D eigenvalue weighted by Gasteiger charge is -2.30. The summed E-state index contributed by atoms with van der Waals surface area (Å²) in [5, 5.41) is 4.10. The number of ether oxygens (including phenoxy) is 2. The number of fused-ring (bicyclic) bond motifs is 1. The Morgan fingerprint density at radius 1 is 1.00 bits per heavy atom. The van der Waals surface area contributed by atoms with Gasteiger partial charge in [-0.05, 0) is 60.4 Å². The molecule has 0 aliphatic carbocycles. The molecular formula is C26H28ClN3O5S. The summed E-state index contributed by atoms with van der Waals surface area (Å²) in [4.78, 5) is 15.8. The minimum Gasteiger partial charge on any atom is -0.486 e. The molecular weight excluding hydrogens is 502 g/mol. The molecule has 0 spiro atoms. The predicted octanol–water partition coefficient (Wildman–Crippen LogP) is 2.79. The van der Waals surface area contributed by atoms with E-state index in [4.69, 9.17) is 21.1 Å². The van der Waals surface area contributed by atoms with E-state index in [9.17, 15) is 13.2 Å². The van der Waals surface area contributed by atoms with Crippen molar-refractivity contribution in [3.8, 4) is 11.5 Å². The Kier molecular flexibility index (Phi) is 6.19. The van der Waals surface area contributed by atoms with Crippen LogP contribution in [0.15, 0.2) is 58.5 Å². The number of hydrogen-bond acceptors (Lipinski definition) is 6. The quantitative estimate of drug-likeness (QED) is 0.599. The van der Waals surface area contributed by atoms with E-state index in [0.717, 1.165) is 36.1 Å². The number of sulfonamides is 1. The van der Waals surface area contributed by atoms with Gasteiger partial charge in [-0.2, -0.15) is 4.31 Å². The molecule has 0 bridgehead atoms. The highest BCUT2D eigenvalue weighted by atomic mass is 35.5. The Morgan fingerprint density at radius 3 is 2.44 bits per heavy atom. The van der Waals surface area contributed by atoms with Gasteiger partial charge >= 0.3 is 0 Å². The fourth-order valence-electron chi connectivity index (χ4n) is 5.64. The molecule has 8 nitrogen and oxygen atoms in total. The second-order valence-electron chi connectivity index (χ2n) is 9.72. The zero-order valence-corrected chi connectivity index (χ0v) is 21.4. The molecule has 2 unspecified atom stereocenters. The molecule has 190 valence electrons. The van der Waals surface area contributed by atoms with Crippen LogP contribution in [-0.4, -0.2) is 75.5 Å². The molecule has 0 saturated carbocycles. The zero-order chi connectivity index (χ0) is 24.9. The molecule has 1 fully saturated rings. The van der Waals surface area contributed by atoms with Crippen molar-refractivity contribution in [1.82, 2.24) is 14.5 Å². The number of nitrogens with zero attached hydrogens (tertiary/aromatic N) is 2. The maximum Gasteiger partial charge on any atom is 0.243 e. The van der Waals surface area contributed by atoms with Crippen LogP contribution in [0, 0.1) is 0 Å². The van der Waals surface area contributed by atoms with Gasteiger partial charge in [0, 0.05) is 43.3 Å². The van der Waals surface area contributed by atoms with E-state index in [2.05, 4.69) is 5.32 Å². The summed E-state index contributed by atoms with van der Waals surface area (Å²) in [5.74, 6) is 0.755. The first kappa shape index (κ1) is 23.8. The highest BCUT2D eigenvalue weighted by Gasteiger charge is 2.41. The van der Waals surface area contributed by atoms with Crippen molar-refractivity contribution in [3.05, 3.63) is 64.2 Å². The molecule has 0 aromatic heterocycles. The average Bonchev–Trinajstić information content (AvgIpc) is 3.61. The van der Waals surface area contributed by atoms with E-state index in [-0.39, 0.29) is 22.8 Å². The summed E-state index contributed by atoms with van der Waals surface area (Å²) in [5.41, 5.74) is 2.93. The average molecular weight is 530 g/mol. The van der Waals surface area contributed by atoms with E-state index < -0.39 is 10.0 Å². The van der Waals surface area contributed by atoms with Gasteiger partial charge in [0.1, 0.15) is 13.2 Å². The van der Waals surface area contributed by atoms with Gasteiger partial charge in [0.15, 0.2) is 11.5 Å². The van der Waals surface area contributed by atoms with Gasteiger partial charge in [0.25, 0.3) is 0 Å². The van der Waals surface area contributed by atoms with E-state index >= 15 is 0 Å². The van der Waals surface area contributed by atoms with Gasteiger partial charge in [-0.15, -0.1) is 0 Å². The summed E-state index contributed by atoms with van der Waals surface area (Å²) < 4.78 is 39.3. The fourth-order valence-corrected chi connectivity index (χ4v) is 7.29. The van der Waals surface area contributed by atoms with Crippen molar-refractivity contribution in [1.29, 1.82) is 0 Å². The number of halogens is 1. The summed E-state index contributed by atoms with van der Waals surface area (Å²) in [6.07, 6.45) is 1.97. The van der Waals surface area contributed by atoms with Crippen LogP contribution in [0.5, 0.6) is 11.5 Å². The number of benzene rings is 2. The van der Waals surface area contributed by atoms with Crippen molar-refractivity contribution in [2.45, 2.75) is 29.7 Å². The molecule has 6 rings (SSSR count). The Morgan fingerprint density at radius 2 is 1.75 bits per heavy atom. The first-order chi connectivity index (χ1) is 17.4. The van der Waals surface area contributed by atoms with Gasteiger partial charge in [-0.25, -0.2) is 8.42 Å². The Hall–Kier alpha value is -2.59. The smallest absolute Gasteiger partial charge is 0.243 e. The molecule has 4 aliphatic heterocycles. The third-order valence-corrected chi connectivity index (χ3v) is 9.46. The lowest BCUT2D eigenvalue weighted by molar-refractivity contribution is -0.132. The Labute approximate surface area is 215 Å². The summed E-state index contributed by atoms with van der Waals surface area (Å²) in [7, 11) is -3.70. The topological polar surface area (TPSA) is 88.2 Å². The van der Waals surface area contributed by atoms with Crippen LogP contribution in [0.25, 0.3) is 0 Å². The van der Waals surface area contributed by atoms with E-state index in [1.54, 1.807) is 12.1 Å². The number of hydrogen-bond donors (Lipinski definition) is 1. The van der Waals surface area contributed by atoms with Crippen LogP contribution in [0.4, 0.5) is 0 Å². The second kappa shape index (κ2) is 9.37. The third-order valence-electron chi connectivity index (χ3n) is 7.44. The van der Waals surface area contributed by atoms with Gasteiger partial charge in [0.05, 0.1) is 10.8 Å². The van der Waals surface area contributed by atoms with E-state index in [0.29, 0.717) is 55.9 Å². The van der Waals surface area contributed by atoms with Crippen LogP contribution >= 0.6 is 11.6 Å². The normalized spacial score (nSPS) is 22.7. The summed E-state index contributed by atoms with van der Waals surface area (Å²) in [6.45, 7) is 3.23. The molecule has 1 N–H and O–H groups in total. The lowest BCUT2D eigenvalue weighted by atomic mass is 9.89. The van der Waals surface area contributed by atoms with Gasteiger partial charge in [-0.3, -0.25) is 4.79 Å². The van der Waals surface area contributed by atoms with Crippen LogP contribution in [0.3, 0.4) is 0 Å². The molecule has 0 radical (unpaired) electrons. The number of nitrogens with one attached hydrogen (secondary N) is 1. The first-order valence-electron chi connectivity index (χ1n) is 12.3. The highest BCUT2D eigenvalue weighted by Crippen LogP contribution is 2.37. The number of carbonyl (C=O) groups excluding carboxylic acids is 1. The van der Waals surface area contributed by atoms with Gasteiger partial charge < -0.3 is 19.7 Å². The molecule has 1 saturated heterocycles. The number of rotatable bonds is 5. The zero-order valence-electron chi connectivity index (χ0n) is 19.8. The largest absolute Gasteiger partial charge is 0.486 e. The van der Waals surface area contributed by atoms with Gasteiger partial charge in [-0.1, -0.05) is 23.7 Å². The monoisotopic (exact) mass is 529 g/mol. The molecule has 4 heterocycles. The maximum atomic E-state index is 13.8. The third kappa shape index (κ3) is 4.28. The van der Waals surface area contributed by atoms with Crippen LogP contribution in [-0.2, 0) is 14.8 Å². The maximum absolute atomic E-state index is 13.8. The summed E-state index contributed by atoms with van der Waals surface area (Å²) in [6, 6.07) is 12.4. The molecule has 1 amide bonds. The molecule has 10 heteroatoms. The van der Waals surface area contributed by atoms with E-state index in [1.807, 2.05) is 29.2 Å². The summed E-state index contributed by atoms with van der Waals surface area (Å²) >= 11 is 6.26. The van der Waals surface area contributed by atoms with Crippen LogP contribution in [0.2, 0.25) is 5.02 Å². The highest BCUT2D eigenvalue weighted by molar-refractivity contribution is 7.89. The lowest BCUT2D eigenvalue weighted by Crippen LogP contribution is -2.43. The minimum absolute atomic E-state index is 0.0623. The molecule has 2 aromatic carbocycles. The predicted molar refractivity (Wildman–Crippen MR) is 135 cm³/mol.